The van der Waals surface area contributed by atoms with Gasteiger partial charge >= 0.3 is 0 Å². The van der Waals surface area contributed by atoms with Gasteiger partial charge < -0.3 is 10.4 Å². The van der Waals surface area contributed by atoms with Crippen LogP contribution in [-0.4, -0.2) is 41.8 Å². The molecule has 0 spiro atoms. The van der Waals surface area contributed by atoms with Crippen LogP contribution in [0.25, 0.3) is 0 Å². The van der Waals surface area contributed by atoms with Crippen molar-refractivity contribution in [2.24, 2.45) is 23.7 Å². The number of amides is 1. The molecule has 1 heterocycles. The molecule has 2 N–H and O–H groups in total. The number of hydrogen-bond donors (Lipinski definition) is 2. The minimum absolute atomic E-state index is 0.0650. The van der Waals surface area contributed by atoms with Crippen molar-refractivity contribution in [1.29, 1.82) is 0 Å². The van der Waals surface area contributed by atoms with Crippen molar-refractivity contribution in [3.63, 3.8) is 0 Å². The molecule has 0 aromatic heterocycles. The molecule has 0 aromatic carbocycles. The van der Waals surface area contributed by atoms with Crippen LogP contribution in [0.2, 0.25) is 0 Å². The summed E-state index contributed by atoms with van der Waals surface area (Å²) in [6.45, 7) is 9.11. The number of carbonyl (C=O) groups excluding carboxylic acids is 1. The largest absolute Gasteiger partial charge is 0.378 e. The molecule has 0 aromatic rings. The number of nitrogens with zero attached hydrogens (tertiary/aromatic N) is 1. The molecule has 1 aliphatic heterocycles. The molecule has 1 amide bonds. The van der Waals surface area contributed by atoms with Gasteiger partial charge in [-0.1, -0.05) is 13.8 Å². The highest BCUT2D eigenvalue weighted by Crippen LogP contribution is 2.33. The van der Waals surface area contributed by atoms with Gasteiger partial charge in [-0.3, -0.25) is 9.69 Å². The highest BCUT2D eigenvalue weighted by molar-refractivity contribution is 5.72. The summed E-state index contributed by atoms with van der Waals surface area (Å²) in [6, 6.07) is 0. The van der Waals surface area contributed by atoms with Crippen LogP contribution in [0.15, 0.2) is 0 Å². The first kappa shape index (κ1) is 17.7. The number of aliphatic hydroxyl groups excluding tert-OH is 1. The van der Waals surface area contributed by atoms with E-state index in [1.54, 1.807) is 6.92 Å². The van der Waals surface area contributed by atoms with Gasteiger partial charge in [0.05, 0.1) is 0 Å². The maximum atomic E-state index is 11.0. The van der Waals surface area contributed by atoms with Gasteiger partial charge in [0.2, 0.25) is 5.91 Å². The third-order valence-electron chi connectivity index (χ3n) is 5.84. The van der Waals surface area contributed by atoms with E-state index in [1.165, 1.54) is 12.8 Å². The summed E-state index contributed by atoms with van der Waals surface area (Å²) in [4.78, 5) is 13.3. The summed E-state index contributed by atoms with van der Waals surface area (Å²) in [5.74, 6) is 2.68. The molecule has 0 bridgehead atoms. The first-order chi connectivity index (χ1) is 10.5. The van der Waals surface area contributed by atoms with E-state index in [-0.39, 0.29) is 12.1 Å². The first-order valence-corrected chi connectivity index (χ1v) is 9.14. The molecule has 22 heavy (non-hydrogen) atoms. The molecule has 1 saturated carbocycles. The Bertz CT molecular complexity index is 343. The van der Waals surface area contributed by atoms with Crippen LogP contribution in [0.3, 0.4) is 0 Å². The summed E-state index contributed by atoms with van der Waals surface area (Å²) in [5.41, 5.74) is 0. The molecule has 128 valence electrons. The van der Waals surface area contributed by atoms with Gasteiger partial charge in [-0.05, 0) is 62.2 Å². The van der Waals surface area contributed by atoms with Crippen LogP contribution in [0, 0.1) is 23.7 Å². The van der Waals surface area contributed by atoms with Crippen LogP contribution in [0.5, 0.6) is 0 Å². The van der Waals surface area contributed by atoms with E-state index in [4.69, 9.17) is 0 Å². The molecule has 0 radical (unpaired) electrons. The van der Waals surface area contributed by atoms with Crippen molar-refractivity contribution < 1.29 is 9.90 Å². The third-order valence-corrected chi connectivity index (χ3v) is 5.84. The number of carbonyl (C=O) groups is 1. The lowest BCUT2D eigenvalue weighted by molar-refractivity contribution is -0.119. The van der Waals surface area contributed by atoms with Gasteiger partial charge in [-0.2, -0.15) is 0 Å². The van der Waals surface area contributed by atoms with Crippen LogP contribution < -0.4 is 5.32 Å². The van der Waals surface area contributed by atoms with Gasteiger partial charge in [0.15, 0.2) is 0 Å². The Morgan fingerprint density at radius 1 is 1.09 bits per heavy atom. The zero-order valence-corrected chi connectivity index (χ0v) is 14.6. The minimum Gasteiger partial charge on any atom is -0.378 e. The molecule has 1 aliphatic carbocycles. The Labute approximate surface area is 135 Å². The highest BCUT2D eigenvalue weighted by atomic mass is 16.3. The van der Waals surface area contributed by atoms with Crippen molar-refractivity contribution in [1.82, 2.24) is 10.2 Å². The van der Waals surface area contributed by atoms with Crippen molar-refractivity contribution in [3.8, 4) is 0 Å². The number of aliphatic hydroxyl groups is 1. The van der Waals surface area contributed by atoms with Gasteiger partial charge in [0.25, 0.3) is 0 Å². The number of likely N-dealkylation sites (tertiary alicyclic amines) is 1. The second-order valence-electron chi connectivity index (χ2n) is 7.75. The Morgan fingerprint density at radius 3 is 2.18 bits per heavy atom. The van der Waals surface area contributed by atoms with Gasteiger partial charge in [-0.25, -0.2) is 0 Å². The summed E-state index contributed by atoms with van der Waals surface area (Å²) < 4.78 is 0. The quantitative estimate of drug-likeness (QED) is 0.821. The van der Waals surface area contributed by atoms with E-state index in [0.29, 0.717) is 11.8 Å². The Hall–Kier alpha value is -0.610. The SMILES string of the molecule is CC(=O)NCC1CCC(C(O)N2CCC(C(C)C)CC2)CC1. The third kappa shape index (κ3) is 4.95. The average molecular weight is 310 g/mol. The molecule has 4 heteroatoms. The van der Waals surface area contributed by atoms with E-state index in [0.717, 1.165) is 57.2 Å². The molecule has 2 fully saturated rings. The first-order valence-electron chi connectivity index (χ1n) is 9.14. The summed E-state index contributed by atoms with van der Waals surface area (Å²) in [5, 5.41) is 13.6. The fourth-order valence-electron chi connectivity index (χ4n) is 4.13. The second kappa shape index (κ2) is 8.30. The van der Waals surface area contributed by atoms with E-state index in [9.17, 15) is 9.90 Å². The fraction of sp³-hybridized carbons (Fsp3) is 0.944. The zero-order valence-electron chi connectivity index (χ0n) is 14.6. The van der Waals surface area contributed by atoms with Crippen LogP contribution in [0.4, 0.5) is 0 Å². The van der Waals surface area contributed by atoms with Crippen molar-refractivity contribution in [3.05, 3.63) is 0 Å². The van der Waals surface area contributed by atoms with E-state index >= 15 is 0 Å². The van der Waals surface area contributed by atoms with E-state index in [2.05, 4.69) is 24.1 Å². The Kier molecular flexibility index (Phi) is 6.69. The highest BCUT2D eigenvalue weighted by Gasteiger charge is 2.32. The van der Waals surface area contributed by atoms with Gasteiger partial charge in [0, 0.05) is 26.6 Å². The number of rotatable bonds is 5. The summed E-state index contributed by atoms with van der Waals surface area (Å²) in [7, 11) is 0. The monoisotopic (exact) mass is 310 g/mol. The minimum atomic E-state index is -0.255. The van der Waals surface area contributed by atoms with Gasteiger partial charge in [0.1, 0.15) is 6.23 Å². The lowest BCUT2D eigenvalue weighted by Crippen LogP contribution is -2.46. The molecular formula is C18H34N2O2. The number of piperidine rings is 1. The maximum absolute atomic E-state index is 11.0. The lowest BCUT2D eigenvalue weighted by Gasteiger charge is -2.41. The van der Waals surface area contributed by atoms with Crippen molar-refractivity contribution in [2.75, 3.05) is 19.6 Å². The summed E-state index contributed by atoms with van der Waals surface area (Å²) >= 11 is 0. The molecule has 1 unspecified atom stereocenters. The molecular weight excluding hydrogens is 276 g/mol. The molecule has 1 saturated heterocycles. The maximum Gasteiger partial charge on any atom is 0.216 e. The standard InChI is InChI=1S/C18H34N2O2/c1-13(2)16-8-10-20(11-9-16)18(22)17-6-4-15(5-7-17)12-19-14(3)21/h13,15-18,22H,4-12H2,1-3H3,(H,19,21). The van der Waals surface area contributed by atoms with Crippen LogP contribution in [0.1, 0.15) is 59.3 Å². The molecule has 2 rings (SSSR count). The van der Waals surface area contributed by atoms with Gasteiger partial charge in [-0.15, -0.1) is 0 Å². The predicted octanol–water partition coefficient (Wildman–Crippen LogP) is 2.62. The topological polar surface area (TPSA) is 52.6 Å². The smallest absolute Gasteiger partial charge is 0.216 e. The van der Waals surface area contributed by atoms with Crippen LogP contribution in [-0.2, 0) is 4.79 Å². The number of hydrogen-bond acceptors (Lipinski definition) is 3. The number of nitrogens with one attached hydrogen (secondary N) is 1. The van der Waals surface area contributed by atoms with E-state index < -0.39 is 0 Å². The van der Waals surface area contributed by atoms with Crippen molar-refractivity contribution >= 4 is 5.91 Å². The zero-order chi connectivity index (χ0) is 16.1. The average Bonchev–Trinajstić information content (AvgIpc) is 2.53. The fourth-order valence-corrected chi connectivity index (χ4v) is 4.13. The molecule has 1 atom stereocenters. The van der Waals surface area contributed by atoms with Crippen LogP contribution >= 0.6 is 0 Å². The summed E-state index contributed by atoms with van der Waals surface area (Å²) in [6.07, 6.45) is 6.65. The van der Waals surface area contributed by atoms with E-state index in [1.807, 2.05) is 0 Å². The predicted molar refractivity (Wildman–Crippen MR) is 89.3 cm³/mol. The second-order valence-corrected chi connectivity index (χ2v) is 7.75. The molecule has 2 aliphatic rings. The van der Waals surface area contributed by atoms with Crippen molar-refractivity contribution in [2.45, 2.75) is 65.5 Å². The molecule has 4 nitrogen and oxygen atoms in total. The lowest BCUT2D eigenvalue weighted by atomic mass is 9.80. The Balaban J connectivity index is 1.71. The Morgan fingerprint density at radius 2 is 1.68 bits per heavy atom. The normalized spacial score (nSPS) is 29.5.